The molecule has 31 nitrogen and oxygen atoms in total. The van der Waals surface area contributed by atoms with E-state index >= 15 is 8.78 Å². The van der Waals surface area contributed by atoms with Crippen molar-refractivity contribution >= 4 is 124 Å². The van der Waals surface area contributed by atoms with Gasteiger partial charge in [-0.15, -0.1) is 12.8 Å². The minimum atomic E-state index is -4.17. The molecule has 0 unspecified atom stereocenters. The van der Waals surface area contributed by atoms with Crippen LogP contribution < -0.4 is 87.6 Å². The van der Waals surface area contributed by atoms with E-state index in [-0.39, 0.29) is 166 Å². The van der Waals surface area contributed by atoms with E-state index in [1.54, 1.807) is 100 Å². The third-order valence-electron chi connectivity index (χ3n) is 23.1. The summed E-state index contributed by atoms with van der Waals surface area (Å²) in [4.78, 5) is 50.5. The van der Waals surface area contributed by atoms with Crippen molar-refractivity contribution in [2.45, 2.75) is 96.6 Å². The van der Waals surface area contributed by atoms with Gasteiger partial charge >= 0.3 is 59.5 Å². The van der Waals surface area contributed by atoms with Crippen LogP contribution in [0.2, 0.25) is 0 Å². The van der Waals surface area contributed by atoms with E-state index in [9.17, 15) is 53.9 Å². The van der Waals surface area contributed by atoms with Gasteiger partial charge in [0.2, 0.25) is 0 Å². The molecule has 1 aliphatic heterocycles. The molecule has 4 aliphatic rings. The number of nitrogens with zero attached hydrogens (tertiary/aromatic N) is 9. The molecule has 0 bridgehead atoms. The average molecular weight is 2120 g/mol. The third kappa shape index (κ3) is 22.1. The van der Waals surface area contributed by atoms with Crippen LogP contribution in [0.5, 0.6) is 34.5 Å². The first-order chi connectivity index (χ1) is 65.0. The minimum absolute atomic E-state index is 0. The molecule has 701 valence electrons. The Morgan fingerprint density at radius 3 is 1.04 bits per heavy atom. The van der Waals surface area contributed by atoms with Gasteiger partial charge in [-0.2, -0.15) is 0 Å². The molecule has 137 heavy (non-hydrogen) atoms. The molecule has 3 saturated carbocycles. The molecular formula is C95H85BBr2F3N9NaO22S3Zn. The number of hydrogen-bond acceptors (Lipinski definition) is 25. The molecular weight excluding hydrogens is 2030 g/mol. The Balaban J connectivity index is 0.000000174. The number of benzene rings is 9. The van der Waals surface area contributed by atoms with Crippen LogP contribution in [0.1, 0.15) is 79.6 Å². The number of rotatable bonds is 26. The molecule has 1 N–H and O–H groups in total. The van der Waals surface area contributed by atoms with Gasteiger partial charge in [0.1, 0.15) is 82.3 Å². The van der Waals surface area contributed by atoms with E-state index in [4.69, 9.17) is 51.5 Å². The fraction of sp³-hybridized carbons (Fsp3) is 0.221. The Hall–Kier alpha value is -11.7. The summed E-state index contributed by atoms with van der Waals surface area (Å²) in [6.07, 6.45) is 8.99. The summed E-state index contributed by atoms with van der Waals surface area (Å²) in [5.41, 5.74) is 3.07. The Kier molecular flexibility index (Phi) is 33.3. The van der Waals surface area contributed by atoms with E-state index < -0.39 is 70.3 Å². The number of Topliss-reactive ketones (excluding diaryl/α,β-unsaturated/α-hetero) is 1. The van der Waals surface area contributed by atoms with Crippen LogP contribution in [0.25, 0.3) is 49.8 Å². The summed E-state index contributed by atoms with van der Waals surface area (Å²) < 4.78 is 194. The van der Waals surface area contributed by atoms with E-state index in [2.05, 4.69) is 51.4 Å². The van der Waals surface area contributed by atoms with Crippen LogP contribution in [0, 0.1) is 23.9 Å². The van der Waals surface area contributed by atoms with E-state index in [0.29, 0.717) is 90.6 Å². The number of aliphatic hydroxyl groups excluding tert-OH is 1. The number of methoxy groups -OCH3 is 6. The van der Waals surface area contributed by atoms with Crippen molar-refractivity contribution in [3.05, 3.63) is 324 Å². The van der Waals surface area contributed by atoms with Gasteiger partial charge in [0.25, 0.3) is 46.7 Å². The summed E-state index contributed by atoms with van der Waals surface area (Å²) in [7, 11) is -3.60. The summed E-state index contributed by atoms with van der Waals surface area (Å²) in [6, 6.07) is 54.8. The SMILES string of the molecule is COc1ccc(CN(c2ccon2)S(=O)(=O)c2ccc3c(ccc(=O)n3-c3cc(F)c(Br)cc3OC)c2)cc1.COc1ccc(CN(c2ccon2)S(=O)(=O)c2ccc3c(ccc(=O)n3-c3cc(F)c(C4CC(=O)C4)cc3OC)c2)cc1.COc1ccc(CN(c2ccon2)S(=O)(=O)c2ccc3c(ccc(=O)n3-c3cc(F)c(C4CC(O)C4)cc3OC)c2)cc1.[B].[CH-]1CC2(C1)OCCO2.[H-].[Na+].[Zn+][Br]. The van der Waals surface area contributed by atoms with Gasteiger partial charge in [0, 0.05) is 97.9 Å². The van der Waals surface area contributed by atoms with Crippen LogP contribution in [-0.4, -0.2) is 141 Å². The first-order valence-corrected chi connectivity index (χ1v) is 53.6. The number of hydrogen-bond donors (Lipinski definition) is 1. The summed E-state index contributed by atoms with van der Waals surface area (Å²) >= 11 is 7.37. The van der Waals surface area contributed by atoms with Crippen molar-refractivity contribution in [3.8, 4) is 51.6 Å². The Labute approximate surface area is 834 Å². The average Bonchev–Trinajstić information content (AvgIpc) is 1.25. The number of halogens is 5. The predicted molar refractivity (Wildman–Crippen MR) is 503 cm³/mol. The van der Waals surface area contributed by atoms with E-state index in [1.807, 2.05) is 0 Å². The van der Waals surface area contributed by atoms with Crippen LogP contribution in [0.4, 0.5) is 30.6 Å². The second kappa shape index (κ2) is 44.4. The molecule has 4 fully saturated rings. The number of fused-ring (bicyclic) bond motifs is 3. The molecule has 19 rings (SSSR count). The fourth-order valence-corrected chi connectivity index (χ4v) is 20.4. The normalized spacial score (nSPS) is 14.7. The first kappa shape index (κ1) is 103. The van der Waals surface area contributed by atoms with Crippen LogP contribution in [-0.2, 0) is 80.3 Å². The molecule has 0 amide bonds. The van der Waals surface area contributed by atoms with Gasteiger partial charge in [-0.05, 0) is 190 Å². The molecule has 3 radical (unpaired) electrons. The van der Waals surface area contributed by atoms with Crippen molar-refractivity contribution in [1.82, 2.24) is 29.2 Å². The number of carbonyl (C=O) groups excluding carboxylic acids is 1. The summed E-state index contributed by atoms with van der Waals surface area (Å²) in [5, 5.41) is 22.5. The van der Waals surface area contributed by atoms with Gasteiger partial charge in [-0.1, -0.05) is 51.9 Å². The molecule has 7 heterocycles. The number of sulfonamides is 3. The molecule has 1 spiro atoms. The third-order valence-corrected chi connectivity index (χ3v) is 28.9. The number of aliphatic hydroxyl groups is 1. The van der Waals surface area contributed by atoms with E-state index in [1.165, 1.54) is 210 Å². The molecule has 3 aliphatic carbocycles. The molecule has 42 heteroatoms. The van der Waals surface area contributed by atoms with Gasteiger partial charge in [-0.25, -0.2) is 51.3 Å². The van der Waals surface area contributed by atoms with Crippen LogP contribution in [0.3, 0.4) is 0 Å². The van der Waals surface area contributed by atoms with Gasteiger partial charge in [-0.3, -0.25) is 32.9 Å². The van der Waals surface area contributed by atoms with E-state index in [0.717, 1.165) is 39.0 Å². The van der Waals surface area contributed by atoms with Gasteiger partial charge < -0.3 is 64.4 Å². The second-order valence-corrected chi connectivity index (χ2v) is 37.6. The zero-order chi connectivity index (χ0) is 95.8. The zero-order valence-corrected chi connectivity index (χ0v) is 85.1. The standard InChI is InChI=1S/C31H28FN3O7S.C31H26FN3O7S.C27H21BrFN3O6S.C6H9O2.B.BrH.Na.Zn.H/c2*1-40-23-6-3-19(4-7-23)18-34(30-11-12-42-33-30)43(38,39)24-8-9-27-20(15-24)5-10-31(37)35(27)28-17-26(32)25(16-29(28)41-2)21-13-22(36)14-21;1-36-19-6-3-17(4-7-19)16-31(26-11-12-38-30-26)39(34,35)20-8-9-23-18(13-20)5-10-27(33)32(23)24-15-22(29)21(28)14-25(24)37-2;1-2-6(3-1)7-4-5-8-6;;;;;/h3-12,15-17,21-22,36H,13-14,18H2,1-2H3;3-12,15-17,21H,13-14,18H2,1-2H3;3-15H,16H2,1-2H3;1H,2-5H2;;1H;;;/q;;;-1;;;+1;+2;-1/p-1. The summed E-state index contributed by atoms with van der Waals surface area (Å²) in [6.45, 7) is 1.48. The van der Waals surface area contributed by atoms with Crippen molar-refractivity contribution in [2.24, 2.45) is 0 Å². The number of ketones is 1. The van der Waals surface area contributed by atoms with Crippen molar-refractivity contribution in [3.63, 3.8) is 0 Å². The zero-order valence-electron chi connectivity index (χ0n) is 75.5. The Bertz CT molecular complexity index is 7420. The maximum absolute atomic E-state index is 15.3. The quantitative estimate of drug-likeness (QED) is 0.0388. The number of anilines is 3. The summed E-state index contributed by atoms with van der Waals surface area (Å²) in [5.74, 6) is 0.862. The van der Waals surface area contributed by atoms with Crippen LogP contribution in [0.15, 0.2) is 284 Å². The number of ether oxygens (including phenoxy) is 8. The predicted octanol–water partition coefficient (Wildman–Crippen LogP) is 13.3. The second-order valence-electron chi connectivity index (χ2n) is 31.1. The maximum atomic E-state index is 15.3. The molecule has 1 saturated heterocycles. The molecule has 6 aromatic heterocycles. The van der Waals surface area contributed by atoms with Crippen molar-refractivity contribution in [2.75, 3.05) is 68.8 Å². The van der Waals surface area contributed by atoms with Crippen molar-refractivity contribution < 1.29 is 147 Å². The number of pyridine rings is 3. The first-order valence-electron chi connectivity index (χ1n) is 41.5. The number of carbonyl (C=O) groups is 1. The molecule has 15 aromatic rings. The number of aromatic nitrogens is 6. The Morgan fingerprint density at radius 1 is 0.445 bits per heavy atom. The monoisotopic (exact) mass is 2110 g/mol. The Morgan fingerprint density at radius 2 is 0.766 bits per heavy atom. The van der Waals surface area contributed by atoms with Gasteiger partial charge in [0.05, 0.1) is 134 Å². The molecule has 0 atom stereocenters. The topological polar surface area (TPSA) is 367 Å². The fourth-order valence-electron chi connectivity index (χ4n) is 15.8. The molecule has 9 aromatic carbocycles. The van der Waals surface area contributed by atoms with Crippen molar-refractivity contribution in [1.29, 1.82) is 0 Å². The van der Waals surface area contributed by atoms with Gasteiger partial charge in [0.15, 0.2) is 17.5 Å². The van der Waals surface area contributed by atoms with Crippen LogP contribution >= 0.6 is 29.6 Å².